The van der Waals surface area contributed by atoms with Crippen LogP contribution in [0.25, 0.3) is 0 Å². The third-order valence-electron chi connectivity index (χ3n) is 4.91. The monoisotopic (exact) mass is 477 g/mol. The van der Waals surface area contributed by atoms with E-state index >= 15 is 0 Å². The number of aromatic carboxylic acids is 2. The van der Waals surface area contributed by atoms with Gasteiger partial charge in [0.05, 0.1) is 22.2 Å². The highest BCUT2D eigenvalue weighted by atomic mass is 32.1. The number of nitrogens with zero attached hydrogens (tertiary/aromatic N) is 3. The summed E-state index contributed by atoms with van der Waals surface area (Å²) in [7, 11) is 0. The average molecular weight is 478 g/mol. The molecule has 0 radical (unpaired) electrons. The van der Waals surface area contributed by atoms with Crippen LogP contribution in [0.1, 0.15) is 37.9 Å². The Morgan fingerprint density at radius 1 is 0.912 bits per heavy atom. The van der Waals surface area contributed by atoms with Gasteiger partial charge in [0.2, 0.25) is 0 Å². The van der Waals surface area contributed by atoms with Crippen molar-refractivity contribution in [1.82, 2.24) is 20.6 Å². The van der Waals surface area contributed by atoms with Gasteiger partial charge >= 0.3 is 11.9 Å². The highest BCUT2D eigenvalue weighted by Gasteiger charge is 2.12. The summed E-state index contributed by atoms with van der Waals surface area (Å²) in [4.78, 5) is 34.6. The molecule has 0 amide bonds. The number of carboxylic acid groups (broad SMARTS) is 2. The third kappa shape index (κ3) is 7.65. The molecule has 0 bridgehead atoms. The SMILES string of the molecule is O=C(O)c1cccc(CNC[C@H](Cc2ccc(N=C=S)cc2)NCc2cccc(C(=O)O)n2)n1. The lowest BCUT2D eigenvalue weighted by Crippen LogP contribution is -2.40. The molecule has 2 heterocycles. The number of thiocarbonyl (C=S) groups is 1. The van der Waals surface area contributed by atoms with E-state index in [1.807, 2.05) is 24.3 Å². The quantitative estimate of drug-likeness (QED) is 0.229. The number of hydrogen-bond acceptors (Lipinski definition) is 8. The van der Waals surface area contributed by atoms with Crippen LogP contribution < -0.4 is 10.6 Å². The number of aliphatic imine (C=N–C) groups is 1. The maximum absolute atomic E-state index is 11.2. The average Bonchev–Trinajstić information content (AvgIpc) is 2.84. The molecular formula is C24H23N5O4S. The minimum absolute atomic E-state index is 0.00238. The van der Waals surface area contributed by atoms with Crippen molar-refractivity contribution in [3.8, 4) is 0 Å². The number of nitrogens with one attached hydrogen (secondary N) is 2. The fraction of sp³-hybridized carbons (Fsp3) is 0.208. The number of pyridine rings is 2. The van der Waals surface area contributed by atoms with Crippen LogP contribution in [0, 0.1) is 0 Å². The van der Waals surface area contributed by atoms with Gasteiger partial charge in [-0.1, -0.05) is 24.3 Å². The van der Waals surface area contributed by atoms with E-state index < -0.39 is 11.9 Å². The molecule has 174 valence electrons. The Hall–Kier alpha value is -3.82. The van der Waals surface area contributed by atoms with Crippen LogP contribution in [0.5, 0.6) is 0 Å². The van der Waals surface area contributed by atoms with Crippen LogP contribution >= 0.6 is 12.2 Å². The Kier molecular flexibility index (Phi) is 9.07. The smallest absolute Gasteiger partial charge is 0.354 e. The Bertz CT molecular complexity index is 1200. The molecule has 0 fully saturated rings. The van der Waals surface area contributed by atoms with Crippen LogP contribution in [-0.2, 0) is 19.5 Å². The molecule has 0 aliphatic heterocycles. The molecule has 0 saturated carbocycles. The van der Waals surface area contributed by atoms with Gasteiger partial charge in [0, 0.05) is 25.7 Å². The van der Waals surface area contributed by atoms with Crippen LogP contribution in [0.4, 0.5) is 5.69 Å². The van der Waals surface area contributed by atoms with Gasteiger partial charge in [0.15, 0.2) is 0 Å². The van der Waals surface area contributed by atoms with Gasteiger partial charge < -0.3 is 20.8 Å². The Labute approximate surface area is 201 Å². The molecule has 1 aromatic carbocycles. The molecule has 3 aromatic rings. The zero-order valence-electron chi connectivity index (χ0n) is 18.1. The molecule has 0 spiro atoms. The van der Waals surface area contributed by atoms with Gasteiger partial charge in [0.1, 0.15) is 11.4 Å². The number of carbonyl (C=O) groups is 2. The number of isothiocyanates is 1. The molecule has 3 rings (SSSR count). The highest BCUT2D eigenvalue weighted by Crippen LogP contribution is 2.14. The van der Waals surface area contributed by atoms with Crippen LogP contribution in [0.15, 0.2) is 65.7 Å². The van der Waals surface area contributed by atoms with E-state index in [1.54, 1.807) is 24.3 Å². The van der Waals surface area contributed by atoms with E-state index in [0.29, 0.717) is 37.4 Å². The Morgan fingerprint density at radius 2 is 1.50 bits per heavy atom. The van der Waals surface area contributed by atoms with E-state index in [2.05, 4.69) is 43.0 Å². The van der Waals surface area contributed by atoms with Gasteiger partial charge in [0.25, 0.3) is 0 Å². The van der Waals surface area contributed by atoms with Crippen molar-refractivity contribution < 1.29 is 19.8 Å². The second-order valence-electron chi connectivity index (χ2n) is 7.42. The molecule has 1 atom stereocenters. The molecule has 4 N–H and O–H groups in total. The molecule has 2 aromatic heterocycles. The van der Waals surface area contributed by atoms with E-state index in [1.165, 1.54) is 12.1 Å². The van der Waals surface area contributed by atoms with Crippen molar-refractivity contribution >= 4 is 35.0 Å². The van der Waals surface area contributed by atoms with E-state index in [4.69, 9.17) is 10.2 Å². The fourth-order valence-electron chi connectivity index (χ4n) is 3.28. The van der Waals surface area contributed by atoms with Crippen LogP contribution in [0.2, 0.25) is 0 Å². The Morgan fingerprint density at radius 3 is 2.06 bits per heavy atom. The topological polar surface area (TPSA) is 137 Å². The predicted molar refractivity (Wildman–Crippen MR) is 130 cm³/mol. The van der Waals surface area contributed by atoms with Gasteiger partial charge in [-0.25, -0.2) is 19.6 Å². The molecule has 0 aliphatic rings. The van der Waals surface area contributed by atoms with Crippen molar-refractivity contribution in [3.05, 3.63) is 89.0 Å². The molecule has 9 nitrogen and oxygen atoms in total. The van der Waals surface area contributed by atoms with Crippen molar-refractivity contribution in [1.29, 1.82) is 0 Å². The third-order valence-corrected chi connectivity index (χ3v) is 5.00. The summed E-state index contributed by atoms with van der Waals surface area (Å²) >= 11 is 4.64. The maximum Gasteiger partial charge on any atom is 0.354 e. The Balaban J connectivity index is 1.67. The van der Waals surface area contributed by atoms with E-state index in [9.17, 15) is 9.59 Å². The molecule has 0 aliphatic carbocycles. The normalized spacial score (nSPS) is 11.4. The molecule has 34 heavy (non-hydrogen) atoms. The van der Waals surface area contributed by atoms with Gasteiger partial charge in [-0.2, -0.15) is 4.99 Å². The first kappa shape index (κ1) is 24.8. The lowest BCUT2D eigenvalue weighted by Gasteiger charge is -2.20. The van der Waals surface area contributed by atoms with Crippen molar-refractivity contribution in [2.24, 2.45) is 4.99 Å². The van der Waals surface area contributed by atoms with Gasteiger partial charge in [-0.15, -0.1) is 0 Å². The predicted octanol–water partition coefficient (Wildman–Crippen LogP) is 3.10. The van der Waals surface area contributed by atoms with Crippen molar-refractivity contribution in [3.63, 3.8) is 0 Å². The summed E-state index contributed by atoms with van der Waals surface area (Å²) in [6, 6.07) is 17.4. The van der Waals surface area contributed by atoms with Crippen LogP contribution in [0.3, 0.4) is 0 Å². The lowest BCUT2D eigenvalue weighted by molar-refractivity contribution is 0.0679. The standard InChI is InChI=1S/C24H23N5O4S/c30-23(31)21-5-1-3-18(28-21)12-25-13-20(11-16-7-9-17(10-8-16)27-15-34)26-14-19-4-2-6-22(29-19)24(32)33/h1-10,20,25-26H,11-14H2,(H,30,31)(H,32,33)/t20-/m0/s1. The number of rotatable bonds is 12. The highest BCUT2D eigenvalue weighted by molar-refractivity contribution is 7.78. The second kappa shape index (κ2) is 12.4. The first-order valence-corrected chi connectivity index (χ1v) is 10.8. The van der Waals surface area contributed by atoms with Crippen molar-refractivity contribution in [2.75, 3.05) is 6.54 Å². The number of aromatic nitrogens is 2. The summed E-state index contributed by atoms with van der Waals surface area (Å²) in [6.07, 6.45) is 0.676. The molecule has 10 heteroatoms. The largest absolute Gasteiger partial charge is 0.477 e. The summed E-state index contributed by atoms with van der Waals surface area (Å²) in [5.74, 6) is -2.14. The van der Waals surface area contributed by atoms with E-state index in [-0.39, 0.29) is 17.4 Å². The number of benzene rings is 1. The number of carboxylic acids is 2. The minimum atomic E-state index is -1.07. The summed E-state index contributed by atoms with van der Waals surface area (Å²) in [5.41, 5.74) is 3.02. The van der Waals surface area contributed by atoms with Gasteiger partial charge in [-0.3, -0.25) is 0 Å². The van der Waals surface area contributed by atoms with Crippen LogP contribution in [-0.4, -0.2) is 49.9 Å². The molecular weight excluding hydrogens is 454 g/mol. The molecule has 0 saturated heterocycles. The fourth-order valence-corrected chi connectivity index (χ4v) is 3.38. The summed E-state index contributed by atoms with van der Waals surface area (Å²) in [5, 5.41) is 27.4. The zero-order chi connectivity index (χ0) is 24.3. The first-order chi connectivity index (χ1) is 16.4. The molecule has 0 unspecified atom stereocenters. The second-order valence-corrected chi connectivity index (χ2v) is 7.60. The minimum Gasteiger partial charge on any atom is -0.477 e. The number of hydrogen-bond donors (Lipinski definition) is 4. The summed E-state index contributed by atoms with van der Waals surface area (Å²) in [6.45, 7) is 1.33. The summed E-state index contributed by atoms with van der Waals surface area (Å²) < 4.78 is 0. The maximum atomic E-state index is 11.2. The van der Waals surface area contributed by atoms with Crippen molar-refractivity contribution in [2.45, 2.75) is 25.6 Å². The first-order valence-electron chi connectivity index (χ1n) is 10.4. The van der Waals surface area contributed by atoms with E-state index in [0.717, 1.165) is 11.3 Å². The van der Waals surface area contributed by atoms with Gasteiger partial charge in [-0.05, 0) is 60.6 Å². The zero-order valence-corrected chi connectivity index (χ0v) is 19.0. The lowest BCUT2D eigenvalue weighted by atomic mass is 10.0.